The monoisotopic (exact) mass is 291 g/mol. The van der Waals surface area contributed by atoms with Crippen LogP contribution in [0.2, 0.25) is 0 Å². The lowest BCUT2D eigenvalue weighted by molar-refractivity contribution is -0.133. The second-order valence-electron chi connectivity index (χ2n) is 7.27. The van der Waals surface area contributed by atoms with Crippen molar-refractivity contribution in [1.29, 1.82) is 0 Å². The molecule has 1 amide bonds. The third-order valence-corrected chi connectivity index (χ3v) is 4.35. The molecule has 21 heavy (non-hydrogen) atoms. The van der Waals surface area contributed by atoms with Crippen LogP contribution in [0.3, 0.4) is 0 Å². The third-order valence-electron chi connectivity index (χ3n) is 4.35. The highest BCUT2D eigenvalue weighted by atomic mass is 16.4. The van der Waals surface area contributed by atoms with E-state index < -0.39 is 0 Å². The second-order valence-corrected chi connectivity index (χ2v) is 7.27. The van der Waals surface area contributed by atoms with Crippen LogP contribution in [0.1, 0.15) is 51.0 Å². The molecule has 0 spiro atoms. The molecule has 0 aliphatic carbocycles. The summed E-state index contributed by atoms with van der Waals surface area (Å²) >= 11 is 0. The average Bonchev–Trinajstić information content (AvgIpc) is 3.04. The Morgan fingerprint density at radius 1 is 1.48 bits per heavy atom. The molecule has 5 nitrogen and oxygen atoms in total. The Morgan fingerprint density at radius 3 is 2.95 bits per heavy atom. The van der Waals surface area contributed by atoms with Crippen molar-refractivity contribution in [3.8, 4) is 0 Å². The lowest BCUT2D eigenvalue weighted by Crippen LogP contribution is -2.37. The van der Waals surface area contributed by atoms with Crippen molar-refractivity contribution < 1.29 is 9.21 Å². The van der Waals surface area contributed by atoms with Gasteiger partial charge >= 0.3 is 0 Å². The zero-order valence-electron chi connectivity index (χ0n) is 13.2. The number of hydrogen-bond donors (Lipinski definition) is 1. The predicted octanol–water partition coefficient (Wildman–Crippen LogP) is 1.86. The van der Waals surface area contributed by atoms with Crippen LogP contribution in [0.25, 0.3) is 0 Å². The largest absolute Gasteiger partial charge is 0.445 e. The van der Waals surface area contributed by atoms with Crippen molar-refractivity contribution in [3.05, 3.63) is 17.3 Å². The molecule has 1 fully saturated rings. The number of fused-ring (bicyclic) bond motifs is 1. The number of amides is 1. The molecule has 1 saturated heterocycles. The number of nitrogens with one attached hydrogen (secondary N) is 1. The van der Waals surface area contributed by atoms with E-state index in [0.717, 1.165) is 49.8 Å². The fraction of sp³-hybridized carbons (Fsp3) is 0.750. The van der Waals surface area contributed by atoms with Gasteiger partial charge in [0.05, 0.1) is 6.54 Å². The van der Waals surface area contributed by atoms with Gasteiger partial charge < -0.3 is 14.6 Å². The Morgan fingerprint density at radius 2 is 2.29 bits per heavy atom. The number of carbonyl (C=O) groups is 1. The summed E-state index contributed by atoms with van der Waals surface area (Å²) in [4.78, 5) is 19.0. The molecule has 0 saturated carbocycles. The number of nitrogens with zero attached hydrogens (tertiary/aromatic N) is 2. The molecule has 1 aromatic heterocycles. The molecule has 3 rings (SSSR count). The van der Waals surface area contributed by atoms with Crippen LogP contribution in [0.5, 0.6) is 0 Å². The molecule has 3 heterocycles. The van der Waals surface area contributed by atoms with Gasteiger partial charge in [0.2, 0.25) is 5.91 Å². The molecule has 1 aromatic rings. The Labute approximate surface area is 126 Å². The van der Waals surface area contributed by atoms with Gasteiger partial charge in [0.1, 0.15) is 11.5 Å². The topological polar surface area (TPSA) is 58.4 Å². The first kappa shape index (κ1) is 14.6. The summed E-state index contributed by atoms with van der Waals surface area (Å²) in [6.45, 7) is 9.67. The fourth-order valence-corrected chi connectivity index (χ4v) is 3.00. The SMILES string of the molecule is CC(C)(C)c1nc2c(o1)CCN(C(=O)CC1CCNC1)C2. The maximum Gasteiger partial charge on any atom is 0.223 e. The Hall–Kier alpha value is -1.36. The summed E-state index contributed by atoms with van der Waals surface area (Å²) in [5.41, 5.74) is 0.867. The second kappa shape index (κ2) is 5.44. The Kier molecular flexibility index (Phi) is 3.78. The molecule has 0 aromatic carbocycles. The van der Waals surface area contributed by atoms with Gasteiger partial charge in [-0.1, -0.05) is 20.8 Å². The minimum absolute atomic E-state index is 0.0817. The molecule has 2 aliphatic heterocycles. The summed E-state index contributed by atoms with van der Waals surface area (Å²) in [5, 5.41) is 3.32. The molecule has 5 heteroatoms. The van der Waals surface area contributed by atoms with Crippen molar-refractivity contribution in [2.24, 2.45) is 5.92 Å². The van der Waals surface area contributed by atoms with Crippen LogP contribution in [0.15, 0.2) is 4.42 Å². The Balaban J connectivity index is 1.66. The summed E-state index contributed by atoms with van der Waals surface area (Å²) in [7, 11) is 0. The average molecular weight is 291 g/mol. The van der Waals surface area contributed by atoms with Gasteiger partial charge in [0.25, 0.3) is 0 Å². The van der Waals surface area contributed by atoms with E-state index in [9.17, 15) is 4.79 Å². The van der Waals surface area contributed by atoms with Crippen LogP contribution in [-0.2, 0) is 23.2 Å². The summed E-state index contributed by atoms with van der Waals surface area (Å²) in [6.07, 6.45) is 2.56. The van der Waals surface area contributed by atoms with Gasteiger partial charge in [0.15, 0.2) is 5.89 Å². The Bertz CT molecular complexity index is 524. The zero-order chi connectivity index (χ0) is 15.0. The number of carbonyl (C=O) groups excluding carboxylic acids is 1. The molecular formula is C16H25N3O2. The summed E-state index contributed by atoms with van der Waals surface area (Å²) in [6, 6.07) is 0. The van der Waals surface area contributed by atoms with Crippen LogP contribution in [0.4, 0.5) is 0 Å². The molecule has 0 bridgehead atoms. The molecule has 1 unspecified atom stereocenters. The van der Waals surface area contributed by atoms with Gasteiger partial charge in [0, 0.05) is 24.8 Å². The fourth-order valence-electron chi connectivity index (χ4n) is 3.00. The smallest absolute Gasteiger partial charge is 0.223 e. The van der Waals surface area contributed by atoms with Crippen molar-refractivity contribution >= 4 is 5.91 Å². The maximum absolute atomic E-state index is 12.4. The quantitative estimate of drug-likeness (QED) is 0.903. The number of aromatic nitrogens is 1. The minimum Gasteiger partial charge on any atom is -0.445 e. The molecular weight excluding hydrogens is 266 g/mol. The maximum atomic E-state index is 12.4. The van der Waals surface area contributed by atoms with E-state index in [0.29, 0.717) is 18.9 Å². The van der Waals surface area contributed by atoms with Crippen molar-refractivity contribution in [2.75, 3.05) is 19.6 Å². The molecule has 1 atom stereocenters. The summed E-state index contributed by atoms with van der Waals surface area (Å²) in [5.74, 6) is 2.50. The van der Waals surface area contributed by atoms with Crippen molar-refractivity contribution in [3.63, 3.8) is 0 Å². The number of rotatable bonds is 2. The lowest BCUT2D eigenvalue weighted by Gasteiger charge is -2.26. The van der Waals surface area contributed by atoms with E-state index in [2.05, 4.69) is 31.1 Å². The van der Waals surface area contributed by atoms with Gasteiger partial charge in [-0.3, -0.25) is 4.79 Å². The first-order valence-electron chi connectivity index (χ1n) is 7.91. The first-order valence-corrected chi connectivity index (χ1v) is 7.91. The van der Waals surface area contributed by atoms with Gasteiger partial charge in [-0.2, -0.15) is 0 Å². The van der Waals surface area contributed by atoms with E-state index in [1.165, 1.54) is 0 Å². The van der Waals surface area contributed by atoms with E-state index >= 15 is 0 Å². The van der Waals surface area contributed by atoms with Crippen LogP contribution >= 0.6 is 0 Å². The normalized spacial score (nSPS) is 22.4. The highest BCUT2D eigenvalue weighted by Crippen LogP contribution is 2.28. The van der Waals surface area contributed by atoms with Crippen LogP contribution in [0, 0.1) is 5.92 Å². The van der Waals surface area contributed by atoms with Crippen molar-refractivity contribution in [2.45, 2.75) is 52.0 Å². The van der Waals surface area contributed by atoms with E-state index in [4.69, 9.17) is 4.42 Å². The first-order chi connectivity index (χ1) is 9.93. The molecule has 0 radical (unpaired) electrons. The molecule has 1 N–H and O–H groups in total. The number of hydrogen-bond acceptors (Lipinski definition) is 4. The van der Waals surface area contributed by atoms with E-state index in [1.807, 2.05) is 4.90 Å². The van der Waals surface area contributed by atoms with Crippen molar-refractivity contribution in [1.82, 2.24) is 15.2 Å². The van der Waals surface area contributed by atoms with Gasteiger partial charge in [-0.25, -0.2) is 4.98 Å². The lowest BCUT2D eigenvalue weighted by atomic mass is 9.97. The highest BCUT2D eigenvalue weighted by Gasteiger charge is 2.30. The van der Waals surface area contributed by atoms with Crippen LogP contribution < -0.4 is 5.32 Å². The molecule has 116 valence electrons. The van der Waals surface area contributed by atoms with Gasteiger partial charge in [-0.05, 0) is 25.4 Å². The molecule has 2 aliphatic rings. The highest BCUT2D eigenvalue weighted by molar-refractivity contribution is 5.76. The van der Waals surface area contributed by atoms with Crippen LogP contribution in [-0.4, -0.2) is 35.4 Å². The van der Waals surface area contributed by atoms with Gasteiger partial charge in [-0.15, -0.1) is 0 Å². The van der Waals surface area contributed by atoms with E-state index in [1.54, 1.807) is 0 Å². The predicted molar refractivity (Wildman–Crippen MR) is 79.9 cm³/mol. The minimum atomic E-state index is -0.0817. The van der Waals surface area contributed by atoms with E-state index in [-0.39, 0.29) is 11.3 Å². The summed E-state index contributed by atoms with van der Waals surface area (Å²) < 4.78 is 5.87. The standard InChI is InChI=1S/C16H25N3O2/c1-16(2,3)15-18-12-10-19(7-5-13(12)21-15)14(20)8-11-4-6-17-9-11/h11,17H,4-10H2,1-3H3. The zero-order valence-corrected chi connectivity index (χ0v) is 13.2. The number of oxazole rings is 1. The third kappa shape index (κ3) is 3.12.